The average Bonchev–Trinajstić information content (AvgIpc) is 2.80. The van der Waals surface area contributed by atoms with Crippen molar-refractivity contribution in [3.8, 4) is 5.69 Å². The summed E-state index contributed by atoms with van der Waals surface area (Å²) in [4.78, 5) is 0. The Morgan fingerprint density at radius 3 is 2.26 bits per heavy atom. The van der Waals surface area contributed by atoms with Crippen molar-refractivity contribution in [2.75, 3.05) is 0 Å². The van der Waals surface area contributed by atoms with Gasteiger partial charge in [0.15, 0.2) is 0 Å². The molecular weight excluding hydrogens is 232 g/mol. The molecule has 0 radical (unpaired) electrons. The number of aryl methyl sites for hydroxylation is 1. The van der Waals surface area contributed by atoms with Crippen LogP contribution in [0.3, 0.4) is 0 Å². The first-order valence-electron chi connectivity index (χ1n) is 7.19. The smallest absolute Gasteiger partial charge is 0.0645 e. The van der Waals surface area contributed by atoms with Crippen LogP contribution in [0.5, 0.6) is 0 Å². The van der Waals surface area contributed by atoms with Gasteiger partial charge in [-0.25, -0.2) is 4.68 Å². The Labute approximate surface area is 116 Å². The Morgan fingerprint density at radius 1 is 1.11 bits per heavy atom. The van der Waals surface area contributed by atoms with Gasteiger partial charge in [-0.05, 0) is 48.4 Å². The Kier molecular flexibility index (Phi) is 4.08. The van der Waals surface area contributed by atoms with Gasteiger partial charge in [0.25, 0.3) is 0 Å². The first kappa shape index (κ1) is 13.9. The average molecular weight is 256 g/mol. The van der Waals surface area contributed by atoms with Crippen molar-refractivity contribution in [1.82, 2.24) is 9.78 Å². The van der Waals surface area contributed by atoms with Crippen LogP contribution in [0.4, 0.5) is 0 Å². The fourth-order valence-electron chi connectivity index (χ4n) is 2.32. The predicted octanol–water partition coefficient (Wildman–Crippen LogP) is 4.82. The Morgan fingerprint density at radius 2 is 1.74 bits per heavy atom. The molecule has 1 heterocycles. The van der Waals surface area contributed by atoms with Crippen molar-refractivity contribution < 1.29 is 0 Å². The van der Waals surface area contributed by atoms with E-state index >= 15 is 0 Å². The van der Waals surface area contributed by atoms with Gasteiger partial charge < -0.3 is 0 Å². The summed E-state index contributed by atoms with van der Waals surface area (Å²) >= 11 is 0. The highest BCUT2D eigenvalue weighted by atomic mass is 15.3. The summed E-state index contributed by atoms with van der Waals surface area (Å²) in [7, 11) is 0. The molecule has 1 atom stereocenters. The molecule has 0 N–H and O–H groups in total. The summed E-state index contributed by atoms with van der Waals surface area (Å²) in [5.41, 5.74) is 5.01. The standard InChI is InChI=1S/C17H24N2/c1-6-13(4)17-11-19(18-14(17)5)16-9-7-15(8-10-16)12(2)3/h7-13H,6H2,1-5H3. The molecule has 2 aromatic rings. The van der Waals surface area contributed by atoms with Gasteiger partial charge in [-0.2, -0.15) is 5.10 Å². The molecule has 0 aliphatic carbocycles. The Bertz CT molecular complexity index is 535. The van der Waals surface area contributed by atoms with Crippen molar-refractivity contribution in [2.24, 2.45) is 0 Å². The molecule has 102 valence electrons. The molecule has 2 nitrogen and oxygen atoms in total. The lowest BCUT2D eigenvalue weighted by Crippen LogP contribution is -1.96. The van der Waals surface area contributed by atoms with Gasteiger partial charge >= 0.3 is 0 Å². The molecule has 0 spiro atoms. The van der Waals surface area contributed by atoms with Crippen molar-refractivity contribution in [3.63, 3.8) is 0 Å². The highest BCUT2D eigenvalue weighted by molar-refractivity contribution is 5.36. The van der Waals surface area contributed by atoms with E-state index in [0.29, 0.717) is 11.8 Å². The van der Waals surface area contributed by atoms with E-state index in [9.17, 15) is 0 Å². The van der Waals surface area contributed by atoms with E-state index in [2.05, 4.69) is 70.2 Å². The molecule has 1 aromatic carbocycles. The molecule has 1 unspecified atom stereocenters. The zero-order chi connectivity index (χ0) is 14.0. The van der Waals surface area contributed by atoms with Gasteiger partial charge in [0, 0.05) is 6.20 Å². The third kappa shape index (κ3) is 2.89. The fraction of sp³-hybridized carbons (Fsp3) is 0.471. The zero-order valence-corrected chi connectivity index (χ0v) is 12.6. The van der Waals surface area contributed by atoms with E-state index in [0.717, 1.165) is 17.8 Å². The van der Waals surface area contributed by atoms with Gasteiger partial charge in [-0.3, -0.25) is 0 Å². The number of benzene rings is 1. The van der Waals surface area contributed by atoms with E-state index in [-0.39, 0.29) is 0 Å². The number of hydrogen-bond donors (Lipinski definition) is 0. The maximum absolute atomic E-state index is 4.64. The second-order valence-corrected chi connectivity index (χ2v) is 5.67. The number of nitrogens with zero attached hydrogens (tertiary/aromatic N) is 2. The van der Waals surface area contributed by atoms with Crippen LogP contribution in [0.2, 0.25) is 0 Å². The molecule has 0 aliphatic heterocycles. The summed E-state index contributed by atoms with van der Waals surface area (Å²) < 4.78 is 2.00. The Hall–Kier alpha value is -1.57. The van der Waals surface area contributed by atoms with Gasteiger partial charge in [0.1, 0.15) is 0 Å². The lowest BCUT2D eigenvalue weighted by molar-refractivity contribution is 0.728. The summed E-state index contributed by atoms with van der Waals surface area (Å²) in [6, 6.07) is 8.70. The van der Waals surface area contributed by atoms with Crippen LogP contribution in [-0.2, 0) is 0 Å². The highest BCUT2D eigenvalue weighted by Crippen LogP contribution is 2.23. The monoisotopic (exact) mass is 256 g/mol. The molecule has 0 saturated carbocycles. The summed E-state index contributed by atoms with van der Waals surface area (Å²) in [6.45, 7) is 11.0. The zero-order valence-electron chi connectivity index (χ0n) is 12.6. The van der Waals surface area contributed by atoms with Gasteiger partial charge in [-0.1, -0.05) is 39.8 Å². The lowest BCUT2D eigenvalue weighted by Gasteiger charge is -2.07. The highest BCUT2D eigenvalue weighted by Gasteiger charge is 2.11. The Balaban J connectivity index is 2.32. The van der Waals surface area contributed by atoms with Crippen LogP contribution in [0.1, 0.15) is 62.8 Å². The molecule has 2 rings (SSSR count). The number of aromatic nitrogens is 2. The van der Waals surface area contributed by atoms with Crippen molar-refractivity contribution in [3.05, 3.63) is 47.3 Å². The molecular formula is C17H24N2. The first-order valence-corrected chi connectivity index (χ1v) is 7.19. The minimum Gasteiger partial charge on any atom is -0.240 e. The maximum atomic E-state index is 4.64. The number of rotatable bonds is 4. The quantitative estimate of drug-likeness (QED) is 0.767. The summed E-state index contributed by atoms with van der Waals surface area (Å²) in [5.74, 6) is 1.15. The van der Waals surface area contributed by atoms with E-state index in [1.807, 2.05) is 4.68 Å². The predicted molar refractivity (Wildman–Crippen MR) is 81.1 cm³/mol. The van der Waals surface area contributed by atoms with Crippen molar-refractivity contribution in [1.29, 1.82) is 0 Å². The van der Waals surface area contributed by atoms with Gasteiger partial charge in [0.05, 0.1) is 11.4 Å². The number of hydrogen-bond acceptors (Lipinski definition) is 1. The third-order valence-corrected chi connectivity index (χ3v) is 3.90. The molecule has 0 bridgehead atoms. The van der Waals surface area contributed by atoms with Crippen LogP contribution >= 0.6 is 0 Å². The molecule has 0 amide bonds. The van der Waals surface area contributed by atoms with E-state index < -0.39 is 0 Å². The molecule has 2 heteroatoms. The first-order chi connectivity index (χ1) is 9.02. The molecule has 0 fully saturated rings. The maximum Gasteiger partial charge on any atom is 0.0645 e. The summed E-state index contributed by atoms with van der Waals surface area (Å²) in [6.07, 6.45) is 3.33. The fourth-order valence-corrected chi connectivity index (χ4v) is 2.32. The van der Waals surface area contributed by atoms with Crippen LogP contribution in [-0.4, -0.2) is 9.78 Å². The minimum absolute atomic E-state index is 0.573. The van der Waals surface area contributed by atoms with Crippen LogP contribution in [0.15, 0.2) is 30.5 Å². The molecule has 0 aliphatic rings. The summed E-state index contributed by atoms with van der Waals surface area (Å²) in [5, 5.41) is 4.64. The van der Waals surface area contributed by atoms with Crippen LogP contribution in [0, 0.1) is 6.92 Å². The van der Waals surface area contributed by atoms with Gasteiger partial charge in [-0.15, -0.1) is 0 Å². The topological polar surface area (TPSA) is 17.8 Å². The SMILES string of the molecule is CCC(C)c1cn(-c2ccc(C(C)C)cc2)nc1C. The van der Waals surface area contributed by atoms with Crippen LogP contribution < -0.4 is 0 Å². The second-order valence-electron chi connectivity index (χ2n) is 5.67. The third-order valence-electron chi connectivity index (χ3n) is 3.90. The molecule has 19 heavy (non-hydrogen) atoms. The molecule has 0 saturated heterocycles. The van der Waals surface area contributed by atoms with E-state index in [1.54, 1.807) is 0 Å². The second kappa shape index (κ2) is 5.60. The minimum atomic E-state index is 0.573. The van der Waals surface area contributed by atoms with E-state index in [1.165, 1.54) is 11.1 Å². The van der Waals surface area contributed by atoms with Gasteiger partial charge in [0.2, 0.25) is 0 Å². The largest absolute Gasteiger partial charge is 0.240 e. The van der Waals surface area contributed by atoms with E-state index in [4.69, 9.17) is 0 Å². The molecule has 1 aromatic heterocycles. The van der Waals surface area contributed by atoms with Crippen molar-refractivity contribution >= 4 is 0 Å². The lowest BCUT2D eigenvalue weighted by atomic mass is 10.00. The van der Waals surface area contributed by atoms with Crippen LogP contribution in [0.25, 0.3) is 5.69 Å². The van der Waals surface area contributed by atoms with Crippen molar-refractivity contribution in [2.45, 2.75) is 52.9 Å². The normalized spacial score (nSPS) is 12.9.